The number of amides is 1. The van der Waals surface area contributed by atoms with Crippen molar-refractivity contribution in [1.29, 1.82) is 0 Å². The summed E-state index contributed by atoms with van der Waals surface area (Å²) in [5, 5.41) is 1.34. The lowest BCUT2D eigenvalue weighted by molar-refractivity contribution is -0.175. The van der Waals surface area contributed by atoms with E-state index in [-0.39, 0.29) is 5.69 Å². The summed E-state index contributed by atoms with van der Waals surface area (Å²) in [7, 11) is 0.850. The number of carbonyl (C=O) groups excluding carboxylic acids is 2. The van der Waals surface area contributed by atoms with Gasteiger partial charge in [0.15, 0.2) is 0 Å². The standard InChI is InChI=1S/C10H9F6N3O3/c1-22-6(20)5(19-8(21)10(14,15)16)2-4-3-17-7(18-4)9(11,12)13/h3,5H,2H2,1H3,(H,17,18)(H,19,21). The molecular weight excluding hydrogens is 324 g/mol. The molecule has 1 aromatic heterocycles. The van der Waals surface area contributed by atoms with Crippen LogP contribution in [0.15, 0.2) is 6.20 Å². The molecule has 0 aromatic carbocycles. The first-order valence-corrected chi connectivity index (χ1v) is 5.51. The minimum absolute atomic E-state index is 0.301. The van der Waals surface area contributed by atoms with Crippen molar-refractivity contribution >= 4 is 11.9 Å². The summed E-state index contributed by atoms with van der Waals surface area (Å²) in [5.74, 6) is -5.05. The summed E-state index contributed by atoms with van der Waals surface area (Å²) in [6.45, 7) is 0. The summed E-state index contributed by atoms with van der Waals surface area (Å²) < 4.78 is 77.6. The number of carbonyl (C=O) groups is 2. The van der Waals surface area contributed by atoms with E-state index in [1.165, 1.54) is 5.32 Å². The Kier molecular flexibility index (Phi) is 5.04. The lowest BCUT2D eigenvalue weighted by Gasteiger charge is -2.16. The maximum Gasteiger partial charge on any atom is 0.471 e. The molecule has 2 N–H and O–H groups in total. The van der Waals surface area contributed by atoms with Crippen molar-refractivity contribution in [2.75, 3.05) is 7.11 Å². The van der Waals surface area contributed by atoms with Gasteiger partial charge in [0.05, 0.1) is 7.11 Å². The minimum atomic E-state index is -5.25. The molecule has 12 heteroatoms. The van der Waals surface area contributed by atoms with Crippen LogP contribution in [0.5, 0.6) is 0 Å². The molecule has 0 aliphatic rings. The molecule has 0 aliphatic carbocycles. The van der Waals surface area contributed by atoms with Crippen LogP contribution >= 0.6 is 0 Å². The third kappa shape index (κ3) is 4.63. The molecule has 1 aromatic rings. The van der Waals surface area contributed by atoms with Gasteiger partial charge >= 0.3 is 24.2 Å². The lowest BCUT2D eigenvalue weighted by atomic mass is 10.1. The summed E-state index contributed by atoms with van der Waals surface area (Å²) in [4.78, 5) is 26.9. The van der Waals surface area contributed by atoms with Crippen LogP contribution in [-0.2, 0) is 26.9 Å². The Morgan fingerprint density at radius 1 is 1.32 bits per heavy atom. The first-order chi connectivity index (χ1) is 9.95. The molecule has 0 bridgehead atoms. The Bertz CT molecular complexity index is 551. The highest BCUT2D eigenvalue weighted by Gasteiger charge is 2.41. The van der Waals surface area contributed by atoms with Crippen molar-refractivity contribution in [3.8, 4) is 0 Å². The van der Waals surface area contributed by atoms with Gasteiger partial charge < -0.3 is 15.0 Å². The van der Waals surface area contributed by atoms with E-state index in [9.17, 15) is 35.9 Å². The molecule has 0 fully saturated rings. The maximum absolute atomic E-state index is 12.3. The van der Waals surface area contributed by atoms with Crippen molar-refractivity contribution in [2.24, 2.45) is 0 Å². The van der Waals surface area contributed by atoms with Crippen molar-refractivity contribution in [3.63, 3.8) is 0 Å². The minimum Gasteiger partial charge on any atom is -0.467 e. The molecule has 0 saturated carbocycles. The molecule has 1 rings (SSSR count). The van der Waals surface area contributed by atoms with Crippen LogP contribution < -0.4 is 5.32 Å². The van der Waals surface area contributed by atoms with Crippen LogP contribution in [0.2, 0.25) is 0 Å². The molecule has 1 heterocycles. The quantitative estimate of drug-likeness (QED) is 0.640. The first kappa shape index (κ1) is 17.8. The van der Waals surface area contributed by atoms with E-state index in [1.54, 1.807) is 4.98 Å². The zero-order valence-electron chi connectivity index (χ0n) is 10.8. The second-order valence-corrected chi connectivity index (χ2v) is 4.01. The molecule has 1 amide bonds. The number of halogens is 6. The fraction of sp³-hybridized carbons (Fsp3) is 0.500. The number of imidazole rings is 1. The highest BCUT2D eigenvalue weighted by atomic mass is 19.4. The SMILES string of the molecule is COC(=O)C(Cc1cnc(C(F)(F)F)[nH]1)NC(=O)C(F)(F)F. The highest BCUT2D eigenvalue weighted by molar-refractivity contribution is 5.87. The lowest BCUT2D eigenvalue weighted by Crippen LogP contribution is -2.48. The Labute approximate surface area is 118 Å². The normalized spacial score (nSPS) is 13.6. The number of H-pyrrole nitrogens is 1. The maximum atomic E-state index is 12.3. The second kappa shape index (κ2) is 6.23. The van der Waals surface area contributed by atoms with Gasteiger partial charge in [-0.25, -0.2) is 9.78 Å². The fourth-order valence-corrected chi connectivity index (χ4v) is 1.40. The molecule has 124 valence electrons. The monoisotopic (exact) mass is 333 g/mol. The van der Waals surface area contributed by atoms with E-state index >= 15 is 0 Å². The van der Waals surface area contributed by atoms with Crippen LogP contribution in [0.3, 0.4) is 0 Å². The third-order valence-electron chi connectivity index (χ3n) is 2.37. The van der Waals surface area contributed by atoms with Gasteiger partial charge in [-0.05, 0) is 0 Å². The number of rotatable bonds is 4. The molecule has 0 spiro atoms. The van der Waals surface area contributed by atoms with Gasteiger partial charge in [0.1, 0.15) is 6.04 Å². The van der Waals surface area contributed by atoms with E-state index in [0.717, 1.165) is 7.11 Å². The molecule has 6 nitrogen and oxygen atoms in total. The van der Waals surface area contributed by atoms with Crippen LogP contribution in [-0.4, -0.2) is 41.2 Å². The Hall–Kier alpha value is -2.27. The number of esters is 1. The Morgan fingerprint density at radius 2 is 1.91 bits per heavy atom. The zero-order valence-corrected chi connectivity index (χ0v) is 10.8. The van der Waals surface area contributed by atoms with Gasteiger partial charge in [-0.15, -0.1) is 0 Å². The molecule has 0 aliphatic heterocycles. The average Bonchev–Trinajstić information content (AvgIpc) is 2.84. The van der Waals surface area contributed by atoms with Crippen molar-refractivity contribution in [1.82, 2.24) is 15.3 Å². The number of methoxy groups -OCH3 is 1. The van der Waals surface area contributed by atoms with Gasteiger partial charge in [0, 0.05) is 18.3 Å². The van der Waals surface area contributed by atoms with E-state index in [2.05, 4.69) is 9.72 Å². The topological polar surface area (TPSA) is 84.1 Å². The first-order valence-electron chi connectivity index (χ1n) is 5.51. The van der Waals surface area contributed by atoms with Gasteiger partial charge in [-0.1, -0.05) is 0 Å². The molecule has 1 atom stereocenters. The van der Waals surface area contributed by atoms with Gasteiger partial charge in [0.2, 0.25) is 5.82 Å². The summed E-state index contributed by atoms with van der Waals surface area (Å²) in [5.41, 5.74) is -0.301. The molecule has 0 radical (unpaired) electrons. The van der Waals surface area contributed by atoms with Crippen LogP contribution in [0.25, 0.3) is 0 Å². The van der Waals surface area contributed by atoms with Gasteiger partial charge in [0.25, 0.3) is 0 Å². The van der Waals surface area contributed by atoms with E-state index in [1.807, 2.05) is 0 Å². The number of aromatic amines is 1. The molecule has 22 heavy (non-hydrogen) atoms. The fourth-order valence-electron chi connectivity index (χ4n) is 1.40. The number of nitrogens with one attached hydrogen (secondary N) is 2. The number of alkyl halides is 6. The van der Waals surface area contributed by atoms with Crippen LogP contribution in [0.1, 0.15) is 11.5 Å². The zero-order chi connectivity index (χ0) is 17.1. The Balaban J connectivity index is 2.88. The smallest absolute Gasteiger partial charge is 0.467 e. The van der Waals surface area contributed by atoms with E-state index in [0.29, 0.717) is 6.20 Å². The number of nitrogens with zero attached hydrogens (tertiary/aromatic N) is 1. The van der Waals surface area contributed by atoms with E-state index < -0.39 is 42.5 Å². The number of hydrogen-bond donors (Lipinski definition) is 2. The number of hydrogen-bond acceptors (Lipinski definition) is 4. The summed E-state index contributed by atoms with van der Waals surface area (Å²) in [6.07, 6.45) is -10.0. The Morgan fingerprint density at radius 3 is 2.32 bits per heavy atom. The second-order valence-electron chi connectivity index (χ2n) is 4.01. The van der Waals surface area contributed by atoms with Crippen LogP contribution in [0.4, 0.5) is 26.3 Å². The third-order valence-corrected chi connectivity index (χ3v) is 2.37. The van der Waals surface area contributed by atoms with Gasteiger partial charge in [-0.3, -0.25) is 4.79 Å². The highest BCUT2D eigenvalue weighted by Crippen LogP contribution is 2.26. The van der Waals surface area contributed by atoms with Crippen molar-refractivity contribution < 1.29 is 40.7 Å². The summed E-state index contributed by atoms with van der Waals surface area (Å²) in [6, 6.07) is -1.82. The average molecular weight is 333 g/mol. The van der Waals surface area contributed by atoms with Crippen LogP contribution in [0, 0.1) is 0 Å². The van der Waals surface area contributed by atoms with Crippen molar-refractivity contribution in [3.05, 3.63) is 17.7 Å². The number of aromatic nitrogens is 2. The van der Waals surface area contributed by atoms with Crippen molar-refractivity contribution in [2.45, 2.75) is 24.8 Å². The number of ether oxygens (including phenoxy) is 1. The largest absolute Gasteiger partial charge is 0.471 e. The molecule has 1 unspecified atom stereocenters. The van der Waals surface area contributed by atoms with Gasteiger partial charge in [-0.2, -0.15) is 26.3 Å². The molecular formula is C10H9F6N3O3. The predicted octanol–water partition coefficient (Wildman–Crippen LogP) is 1.19. The summed E-state index contributed by atoms with van der Waals surface area (Å²) >= 11 is 0. The van der Waals surface area contributed by atoms with E-state index in [4.69, 9.17) is 0 Å². The predicted molar refractivity (Wildman–Crippen MR) is 57.3 cm³/mol. The molecule has 0 saturated heterocycles.